The molecule has 5 nitrogen and oxygen atoms in total. The number of nitrogens with zero attached hydrogens (tertiary/aromatic N) is 5. The summed E-state index contributed by atoms with van der Waals surface area (Å²) in [6.45, 7) is 2.68. The number of hydrogen-bond acceptors (Lipinski definition) is 3. The van der Waals surface area contributed by atoms with Crippen LogP contribution in [0.4, 0.5) is 0 Å². The number of rotatable bonds is 3. The molecule has 3 aromatic rings. The third-order valence-electron chi connectivity index (χ3n) is 3.76. The number of aromatic nitrogens is 4. The predicted molar refractivity (Wildman–Crippen MR) is 81.1 cm³/mol. The van der Waals surface area contributed by atoms with Crippen molar-refractivity contribution in [2.45, 2.75) is 19.3 Å². The molecule has 2 aromatic heterocycles. The first-order chi connectivity index (χ1) is 10.2. The summed E-state index contributed by atoms with van der Waals surface area (Å²) in [5.74, 6) is 1.07. The molecule has 0 amide bonds. The fourth-order valence-electron chi connectivity index (χ4n) is 2.43. The van der Waals surface area contributed by atoms with Crippen molar-refractivity contribution in [1.82, 2.24) is 19.3 Å². The van der Waals surface area contributed by atoms with Crippen LogP contribution in [-0.4, -0.2) is 19.3 Å². The van der Waals surface area contributed by atoms with Crippen molar-refractivity contribution in [3.63, 3.8) is 0 Å². The van der Waals surface area contributed by atoms with Gasteiger partial charge in [-0.3, -0.25) is 4.68 Å². The molecule has 0 radical (unpaired) electrons. The number of benzene rings is 1. The number of hydrogen-bond donors (Lipinski definition) is 0. The molecular weight excluding hydrogens is 286 g/mol. The van der Waals surface area contributed by atoms with Gasteiger partial charge in [-0.1, -0.05) is 6.07 Å². The minimum absolute atomic E-state index is 0.304. The topological polar surface area (TPSA) is 59.4 Å². The lowest BCUT2D eigenvalue weighted by atomic mass is 10.2. The molecular formula is C15H14ClN5. The van der Waals surface area contributed by atoms with Gasteiger partial charge in [-0.2, -0.15) is 10.4 Å². The van der Waals surface area contributed by atoms with Crippen LogP contribution in [0, 0.1) is 18.3 Å². The normalized spacial score (nSPS) is 11.0. The first kappa shape index (κ1) is 13.7. The fourth-order valence-corrected chi connectivity index (χ4v) is 2.64. The summed E-state index contributed by atoms with van der Waals surface area (Å²) in [5, 5.41) is 13.5. The van der Waals surface area contributed by atoms with E-state index < -0.39 is 0 Å². The number of alkyl halides is 1. The van der Waals surface area contributed by atoms with Gasteiger partial charge < -0.3 is 4.57 Å². The molecule has 0 N–H and O–H groups in total. The van der Waals surface area contributed by atoms with Gasteiger partial charge in [0, 0.05) is 18.3 Å². The van der Waals surface area contributed by atoms with Crippen molar-refractivity contribution in [2.24, 2.45) is 7.05 Å². The minimum Gasteiger partial charge on any atom is -0.322 e. The summed E-state index contributed by atoms with van der Waals surface area (Å²) in [5.41, 5.74) is 4.42. The van der Waals surface area contributed by atoms with E-state index in [-0.39, 0.29) is 0 Å². The Labute approximate surface area is 127 Å². The average molecular weight is 300 g/mol. The number of para-hydroxylation sites is 1. The lowest BCUT2D eigenvalue weighted by Gasteiger charge is -2.07. The van der Waals surface area contributed by atoms with E-state index in [0.29, 0.717) is 23.5 Å². The molecule has 0 saturated heterocycles. The molecule has 0 aliphatic heterocycles. The second kappa shape index (κ2) is 5.23. The maximum absolute atomic E-state index is 9.20. The standard InChI is InChI=1S/C15H14ClN5/c1-10-12(8-18-20(10)2)9-21-13-5-3-4-11(7-17)15(13)19-14(21)6-16/h3-5,8H,6,9H2,1-2H3. The van der Waals surface area contributed by atoms with E-state index >= 15 is 0 Å². The Morgan fingerprint density at radius 3 is 2.81 bits per heavy atom. The number of imidazole rings is 1. The molecule has 0 atom stereocenters. The van der Waals surface area contributed by atoms with Gasteiger partial charge in [0.2, 0.25) is 0 Å². The summed E-state index contributed by atoms with van der Waals surface area (Å²) in [6, 6.07) is 7.78. The predicted octanol–water partition coefficient (Wildman–Crippen LogP) is 2.74. The smallest absolute Gasteiger partial charge is 0.125 e. The third kappa shape index (κ3) is 2.18. The summed E-state index contributed by atoms with van der Waals surface area (Å²) in [6.07, 6.45) is 1.85. The Morgan fingerprint density at radius 2 is 2.19 bits per heavy atom. The first-order valence-electron chi connectivity index (χ1n) is 6.57. The van der Waals surface area contributed by atoms with E-state index in [4.69, 9.17) is 11.6 Å². The second-order valence-electron chi connectivity index (χ2n) is 4.91. The van der Waals surface area contributed by atoms with Gasteiger partial charge in [0.1, 0.15) is 17.4 Å². The molecule has 0 saturated carbocycles. The lowest BCUT2D eigenvalue weighted by Crippen LogP contribution is -2.05. The van der Waals surface area contributed by atoms with Crippen LogP contribution in [0.2, 0.25) is 0 Å². The summed E-state index contributed by atoms with van der Waals surface area (Å²) in [7, 11) is 1.92. The average Bonchev–Trinajstić information content (AvgIpc) is 3.02. The molecule has 3 rings (SSSR count). The van der Waals surface area contributed by atoms with E-state index in [1.54, 1.807) is 6.07 Å². The maximum Gasteiger partial charge on any atom is 0.125 e. The molecule has 0 fully saturated rings. The molecule has 0 aliphatic rings. The highest BCUT2D eigenvalue weighted by molar-refractivity contribution is 6.16. The SMILES string of the molecule is Cc1c(Cn2c(CCl)nc3c(C#N)cccc32)cnn1C. The Hall–Kier alpha value is -2.32. The van der Waals surface area contributed by atoms with Gasteiger partial charge in [0.05, 0.1) is 29.7 Å². The Kier molecular flexibility index (Phi) is 3.40. The first-order valence-corrected chi connectivity index (χ1v) is 7.10. The Bertz CT molecular complexity index is 853. The molecule has 6 heteroatoms. The number of nitriles is 1. The summed E-state index contributed by atoms with van der Waals surface area (Å²) in [4.78, 5) is 4.52. The van der Waals surface area contributed by atoms with Gasteiger partial charge in [0.15, 0.2) is 0 Å². The third-order valence-corrected chi connectivity index (χ3v) is 4.00. The maximum atomic E-state index is 9.20. The van der Waals surface area contributed by atoms with Crippen LogP contribution < -0.4 is 0 Å². The van der Waals surface area contributed by atoms with Gasteiger partial charge in [-0.25, -0.2) is 4.98 Å². The Balaban J connectivity index is 2.17. The fraction of sp³-hybridized carbons (Fsp3) is 0.267. The van der Waals surface area contributed by atoms with Crippen LogP contribution in [-0.2, 0) is 19.5 Å². The van der Waals surface area contributed by atoms with Crippen molar-refractivity contribution >= 4 is 22.6 Å². The summed E-state index contributed by atoms with van der Waals surface area (Å²) >= 11 is 6.02. The molecule has 0 unspecified atom stereocenters. The van der Waals surface area contributed by atoms with E-state index in [2.05, 4.69) is 16.2 Å². The van der Waals surface area contributed by atoms with Crippen molar-refractivity contribution in [3.05, 3.63) is 47.0 Å². The molecule has 0 aliphatic carbocycles. The second-order valence-corrected chi connectivity index (χ2v) is 5.18. The molecule has 1 aromatic carbocycles. The molecule has 106 valence electrons. The Morgan fingerprint density at radius 1 is 1.38 bits per heavy atom. The lowest BCUT2D eigenvalue weighted by molar-refractivity contribution is 0.729. The number of aryl methyl sites for hydroxylation is 1. The van der Waals surface area contributed by atoms with Crippen molar-refractivity contribution in [1.29, 1.82) is 5.26 Å². The summed E-state index contributed by atoms with van der Waals surface area (Å²) < 4.78 is 3.89. The van der Waals surface area contributed by atoms with Crippen molar-refractivity contribution in [2.75, 3.05) is 0 Å². The zero-order valence-corrected chi connectivity index (χ0v) is 12.6. The van der Waals surface area contributed by atoms with E-state index in [1.165, 1.54) is 0 Å². The van der Waals surface area contributed by atoms with Crippen LogP contribution in [0.1, 0.15) is 22.6 Å². The van der Waals surface area contributed by atoms with Crippen LogP contribution >= 0.6 is 11.6 Å². The van der Waals surface area contributed by atoms with E-state index in [0.717, 1.165) is 22.6 Å². The quantitative estimate of drug-likeness (QED) is 0.699. The minimum atomic E-state index is 0.304. The van der Waals surface area contributed by atoms with Gasteiger partial charge in [-0.05, 0) is 19.1 Å². The van der Waals surface area contributed by atoms with Crippen LogP contribution in [0.15, 0.2) is 24.4 Å². The highest BCUT2D eigenvalue weighted by Gasteiger charge is 2.14. The molecule has 21 heavy (non-hydrogen) atoms. The zero-order chi connectivity index (χ0) is 15.0. The van der Waals surface area contributed by atoms with Gasteiger partial charge in [-0.15, -0.1) is 11.6 Å². The molecule has 2 heterocycles. The van der Waals surface area contributed by atoms with Crippen molar-refractivity contribution < 1.29 is 0 Å². The van der Waals surface area contributed by atoms with Gasteiger partial charge >= 0.3 is 0 Å². The largest absolute Gasteiger partial charge is 0.322 e. The number of halogens is 1. The number of fused-ring (bicyclic) bond motifs is 1. The molecule has 0 spiro atoms. The van der Waals surface area contributed by atoms with Crippen LogP contribution in [0.5, 0.6) is 0 Å². The van der Waals surface area contributed by atoms with E-state index in [1.807, 2.05) is 41.5 Å². The van der Waals surface area contributed by atoms with Crippen LogP contribution in [0.25, 0.3) is 11.0 Å². The molecule has 0 bridgehead atoms. The zero-order valence-electron chi connectivity index (χ0n) is 11.8. The monoisotopic (exact) mass is 299 g/mol. The van der Waals surface area contributed by atoms with Crippen molar-refractivity contribution in [3.8, 4) is 6.07 Å². The highest BCUT2D eigenvalue weighted by Crippen LogP contribution is 2.22. The van der Waals surface area contributed by atoms with Crippen LogP contribution in [0.3, 0.4) is 0 Å². The van der Waals surface area contributed by atoms with E-state index in [9.17, 15) is 5.26 Å². The van der Waals surface area contributed by atoms with Gasteiger partial charge in [0.25, 0.3) is 0 Å². The highest BCUT2D eigenvalue weighted by atomic mass is 35.5.